The van der Waals surface area contributed by atoms with E-state index in [1.54, 1.807) is 6.20 Å². The lowest BCUT2D eigenvalue weighted by Crippen LogP contribution is -2.46. The smallest absolute Gasteiger partial charge is 0.226 e. The van der Waals surface area contributed by atoms with Crippen LogP contribution in [0.3, 0.4) is 0 Å². The Labute approximate surface area is 141 Å². The molecule has 2 heterocycles. The van der Waals surface area contributed by atoms with E-state index in [-0.39, 0.29) is 29.6 Å². The summed E-state index contributed by atoms with van der Waals surface area (Å²) < 4.78 is 15.0. The lowest BCUT2D eigenvalue weighted by Gasteiger charge is -2.36. The van der Waals surface area contributed by atoms with Gasteiger partial charge in [0.25, 0.3) is 0 Å². The fraction of sp³-hybridized carbons (Fsp3) is 0.474. The van der Waals surface area contributed by atoms with E-state index in [9.17, 15) is 9.18 Å². The fourth-order valence-corrected chi connectivity index (χ4v) is 3.86. The standard InChI is InChI=1S/C19H22FN3O/c20-15-7-5-14(6-8-15)17-12-18(17)19(24)23-11-2-1-4-16(23)13-22-10-3-9-21-22/h3,5-10,16-18H,1-2,4,11-13H2/t16-,17+,18+/m0/s1. The van der Waals surface area contributed by atoms with Crippen molar-refractivity contribution in [2.24, 2.45) is 5.92 Å². The summed E-state index contributed by atoms with van der Waals surface area (Å²) in [6, 6.07) is 8.74. The van der Waals surface area contributed by atoms with Gasteiger partial charge >= 0.3 is 0 Å². The highest BCUT2D eigenvalue weighted by molar-refractivity contribution is 5.83. The molecule has 2 fully saturated rings. The van der Waals surface area contributed by atoms with E-state index in [2.05, 4.69) is 10.00 Å². The normalized spacial score (nSPS) is 26.4. The molecule has 2 aliphatic rings. The van der Waals surface area contributed by atoms with Crippen molar-refractivity contribution in [1.82, 2.24) is 14.7 Å². The molecule has 5 heteroatoms. The number of carbonyl (C=O) groups is 1. The summed E-state index contributed by atoms with van der Waals surface area (Å²) in [7, 11) is 0. The van der Waals surface area contributed by atoms with Gasteiger partial charge in [-0.3, -0.25) is 9.48 Å². The van der Waals surface area contributed by atoms with Crippen LogP contribution in [0.25, 0.3) is 0 Å². The van der Waals surface area contributed by atoms with Crippen molar-refractivity contribution >= 4 is 5.91 Å². The van der Waals surface area contributed by atoms with Crippen LogP contribution in [0, 0.1) is 11.7 Å². The molecule has 4 nitrogen and oxygen atoms in total. The Balaban J connectivity index is 1.43. The first kappa shape index (κ1) is 15.4. The molecule has 1 aliphatic carbocycles. The molecule has 1 aromatic heterocycles. The van der Waals surface area contributed by atoms with Crippen LogP contribution in [0.4, 0.5) is 4.39 Å². The number of aromatic nitrogens is 2. The van der Waals surface area contributed by atoms with Crippen LogP contribution in [0.1, 0.15) is 37.2 Å². The highest BCUT2D eigenvalue weighted by Gasteiger charge is 2.47. The lowest BCUT2D eigenvalue weighted by atomic mass is 10.0. The van der Waals surface area contributed by atoms with E-state index in [1.807, 2.05) is 29.1 Å². The summed E-state index contributed by atoms with van der Waals surface area (Å²) in [5, 5.41) is 4.28. The molecule has 0 unspecified atom stereocenters. The van der Waals surface area contributed by atoms with Crippen molar-refractivity contribution in [3.05, 3.63) is 54.1 Å². The third kappa shape index (κ3) is 3.07. The average Bonchev–Trinajstić information content (AvgIpc) is 3.24. The molecular weight excluding hydrogens is 305 g/mol. The van der Waals surface area contributed by atoms with E-state index in [1.165, 1.54) is 18.6 Å². The topological polar surface area (TPSA) is 38.1 Å². The predicted molar refractivity (Wildman–Crippen MR) is 88.8 cm³/mol. The van der Waals surface area contributed by atoms with Crippen LogP contribution in [0.2, 0.25) is 0 Å². The van der Waals surface area contributed by atoms with Gasteiger partial charge in [0.15, 0.2) is 0 Å². The zero-order valence-electron chi connectivity index (χ0n) is 13.6. The third-order valence-corrected chi connectivity index (χ3v) is 5.27. The fourth-order valence-electron chi connectivity index (χ4n) is 3.86. The minimum atomic E-state index is -0.224. The molecule has 1 saturated heterocycles. The molecule has 2 aromatic rings. The van der Waals surface area contributed by atoms with Crippen molar-refractivity contribution in [3.63, 3.8) is 0 Å². The van der Waals surface area contributed by atoms with E-state index < -0.39 is 0 Å². The van der Waals surface area contributed by atoms with Gasteiger partial charge < -0.3 is 4.90 Å². The van der Waals surface area contributed by atoms with Gasteiger partial charge in [-0.1, -0.05) is 12.1 Å². The largest absolute Gasteiger partial charge is 0.338 e. The summed E-state index contributed by atoms with van der Waals surface area (Å²) in [6.07, 6.45) is 7.90. The number of nitrogens with zero attached hydrogens (tertiary/aromatic N) is 3. The molecule has 0 radical (unpaired) electrons. The Kier molecular flexibility index (Phi) is 4.08. The highest BCUT2D eigenvalue weighted by Crippen LogP contribution is 2.49. The van der Waals surface area contributed by atoms with Gasteiger partial charge in [0.05, 0.1) is 12.6 Å². The number of rotatable bonds is 4. The maximum absolute atomic E-state index is 13.1. The van der Waals surface area contributed by atoms with Crippen molar-refractivity contribution in [1.29, 1.82) is 0 Å². The maximum Gasteiger partial charge on any atom is 0.226 e. The zero-order chi connectivity index (χ0) is 16.5. The van der Waals surface area contributed by atoms with Gasteiger partial charge in [0, 0.05) is 24.9 Å². The second-order valence-corrected chi connectivity index (χ2v) is 6.91. The molecule has 1 saturated carbocycles. The number of carbonyl (C=O) groups excluding carboxylic acids is 1. The summed E-state index contributed by atoms with van der Waals surface area (Å²) in [5.41, 5.74) is 1.08. The number of hydrogen-bond acceptors (Lipinski definition) is 2. The number of halogens is 1. The molecule has 3 atom stereocenters. The highest BCUT2D eigenvalue weighted by atomic mass is 19.1. The van der Waals surface area contributed by atoms with Crippen molar-refractivity contribution in [2.75, 3.05) is 6.54 Å². The van der Waals surface area contributed by atoms with Crippen LogP contribution in [0.5, 0.6) is 0 Å². The van der Waals surface area contributed by atoms with Crippen LogP contribution in [0.15, 0.2) is 42.7 Å². The molecule has 0 spiro atoms. The monoisotopic (exact) mass is 327 g/mol. The second-order valence-electron chi connectivity index (χ2n) is 6.91. The molecule has 0 bridgehead atoms. The van der Waals surface area contributed by atoms with Crippen LogP contribution in [-0.2, 0) is 11.3 Å². The van der Waals surface area contributed by atoms with E-state index in [4.69, 9.17) is 0 Å². The summed E-state index contributed by atoms with van der Waals surface area (Å²) in [4.78, 5) is 15.0. The Morgan fingerprint density at radius 2 is 2.08 bits per heavy atom. The minimum absolute atomic E-state index is 0.0636. The van der Waals surface area contributed by atoms with Crippen molar-refractivity contribution in [2.45, 2.75) is 44.2 Å². The Morgan fingerprint density at radius 1 is 1.25 bits per heavy atom. The number of likely N-dealkylation sites (tertiary alicyclic amines) is 1. The SMILES string of the molecule is O=C([C@@H]1C[C@@H]1c1ccc(F)cc1)N1CCCC[C@H]1Cn1cccn1. The number of piperidine rings is 1. The third-order valence-electron chi connectivity index (χ3n) is 5.27. The summed E-state index contributed by atoms with van der Waals surface area (Å²) in [5.74, 6) is 0.359. The van der Waals surface area contributed by atoms with Gasteiger partial charge in [0.1, 0.15) is 5.82 Å². The molecule has 1 amide bonds. The average molecular weight is 327 g/mol. The van der Waals surface area contributed by atoms with Crippen LogP contribution in [-0.4, -0.2) is 33.2 Å². The lowest BCUT2D eigenvalue weighted by molar-refractivity contribution is -0.136. The summed E-state index contributed by atoms with van der Waals surface area (Å²) >= 11 is 0. The van der Waals surface area contributed by atoms with Crippen molar-refractivity contribution < 1.29 is 9.18 Å². The maximum atomic E-state index is 13.1. The second kappa shape index (κ2) is 6.38. The Morgan fingerprint density at radius 3 is 2.83 bits per heavy atom. The molecule has 4 rings (SSSR count). The van der Waals surface area contributed by atoms with Gasteiger partial charge in [-0.15, -0.1) is 0 Å². The van der Waals surface area contributed by atoms with Crippen LogP contribution >= 0.6 is 0 Å². The van der Waals surface area contributed by atoms with Gasteiger partial charge in [-0.25, -0.2) is 4.39 Å². The van der Waals surface area contributed by atoms with Crippen LogP contribution < -0.4 is 0 Å². The zero-order valence-corrected chi connectivity index (χ0v) is 13.6. The molecule has 126 valence electrons. The Bertz CT molecular complexity index is 698. The van der Waals surface area contributed by atoms with Crippen molar-refractivity contribution in [3.8, 4) is 0 Å². The van der Waals surface area contributed by atoms with E-state index in [0.29, 0.717) is 0 Å². The van der Waals surface area contributed by atoms with E-state index >= 15 is 0 Å². The minimum Gasteiger partial charge on any atom is -0.338 e. The Hall–Kier alpha value is -2.17. The number of benzene rings is 1. The predicted octanol–water partition coefficient (Wildman–Crippen LogP) is 3.21. The number of amides is 1. The summed E-state index contributed by atoms with van der Waals surface area (Å²) in [6.45, 7) is 1.62. The van der Waals surface area contributed by atoms with Gasteiger partial charge in [0.2, 0.25) is 5.91 Å². The first-order valence-corrected chi connectivity index (χ1v) is 8.76. The van der Waals surface area contributed by atoms with Gasteiger partial charge in [-0.05, 0) is 55.4 Å². The van der Waals surface area contributed by atoms with E-state index in [0.717, 1.165) is 37.9 Å². The molecular formula is C19H22FN3O. The number of hydrogen-bond donors (Lipinski definition) is 0. The quantitative estimate of drug-likeness (QED) is 0.865. The molecule has 0 N–H and O–H groups in total. The molecule has 24 heavy (non-hydrogen) atoms. The first-order chi connectivity index (χ1) is 11.7. The molecule has 1 aromatic carbocycles. The molecule has 1 aliphatic heterocycles. The first-order valence-electron chi connectivity index (χ1n) is 8.76. The van der Waals surface area contributed by atoms with Gasteiger partial charge in [-0.2, -0.15) is 5.10 Å².